The summed E-state index contributed by atoms with van der Waals surface area (Å²) in [5.74, 6) is -0.559. The second-order valence-corrected chi connectivity index (χ2v) is 4.38. The van der Waals surface area contributed by atoms with E-state index in [-0.39, 0.29) is 6.42 Å². The molecule has 0 radical (unpaired) electrons. The van der Waals surface area contributed by atoms with Gasteiger partial charge in [0.1, 0.15) is 0 Å². The van der Waals surface area contributed by atoms with Crippen molar-refractivity contribution in [2.45, 2.75) is 25.4 Å². The monoisotopic (exact) mass is 232 g/mol. The molecule has 1 atom stereocenters. The minimum absolute atomic E-state index is 0.288. The number of carbonyl (C=O) groups excluding carboxylic acids is 1. The highest BCUT2D eigenvalue weighted by Crippen LogP contribution is 2.31. The van der Waals surface area contributed by atoms with Gasteiger partial charge in [-0.3, -0.25) is 0 Å². The summed E-state index contributed by atoms with van der Waals surface area (Å²) in [5, 5.41) is 10.6. The Bertz CT molecular complexity index is 436. The average Bonchev–Trinajstić information content (AvgIpc) is 2.34. The molecule has 0 spiro atoms. The zero-order chi connectivity index (χ0) is 12.3. The van der Waals surface area contributed by atoms with Crippen LogP contribution in [-0.2, 0) is 15.1 Å². The summed E-state index contributed by atoms with van der Waals surface area (Å²) in [5.41, 5.74) is 0.0371. The SMILES string of the molecule is C/C1=C/CCOC(=O)C(O)(c2ccccc2)C1. The van der Waals surface area contributed by atoms with Crippen molar-refractivity contribution in [1.82, 2.24) is 0 Å². The molecular formula is C14H16O3. The highest BCUT2D eigenvalue weighted by molar-refractivity contribution is 5.81. The number of rotatable bonds is 1. The van der Waals surface area contributed by atoms with Crippen molar-refractivity contribution in [3.8, 4) is 0 Å². The Hall–Kier alpha value is -1.61. The van der Waals surface area contributed by atoms with Crippen LogP contribution >= 0.6 is 0 Å². The molecule has 0 fully saturated rings. The average molecular weight is 232 g/mol. The Morgan fingerprint density at radius 1 is 1.29 bits per heavy atom. The second-order valence-electron chi connectivity index (χ2n) is 4.38. The summed E-state index contributed by atoms with van der Waals surface area (Å²) in [7, 11) is 0. The summed E-state index contributed by atoms with van der Waals surface area (Å²) in [6.45, 7) is 2.25. The lowest BCUT2D eigenvalue weighted by Crippen LogP contribution is -2.38. The molecule has 0 aromatic heterocycles. The van der Waals surface area contributed by atoms with Crippen LogP contribution in [0.3, 0.4) is 0 Å². The van der Waals surface area contributed by atoms with E-state index in [2.05, 4.69) is 0 Å². The van der Waals surface area contributed by atoms with Crippen LogP contribution in [0.1, 0.15) is 25.3 Å². The van der Waals surface area contributed by atoms with E-state index in [1.807, 2.05) is 19.1 Å². The molecule has 0 saturated heterocycles. The van der Waals surface area contributed by atoms with Gasteiger partial charge in [-0.15, -0.1) is 0 Å². The summed E-state index contributed by atoms with van der Waals surface area (Å²) in [6.07, 6.45) is 3.00. The van der Waals surface area contributed by atoms with Gasteiger partial charge in [-0.2, -0.15) is 0 Å². The molecule has 0 saturated carbocycles. The Kier molecular flexibility index (Phi) is 3.29. The van der Waals surface area contributed by atoms with E-state index in [0.717, 1.165) is 5.57 Å². The van der Waals surface area contributed by atoms with Crippen molar-refractivity contribution < 1.29 is 14.6 Å². The van der Waals surface area contributed by atoms with E-state index in [1.54, 1.807) is 24.3 Å². The fourth-order valence-electron chi connectivity index (χ4n) is 2.06. The van der Waals surface area contributed by atoms with Gasteiger partial charge in [-0.25, -0.2) is 4.79 Å². The molecule has 1 aromatic carbocycles. The van der Waals surface area contributed by atoms with E-state index in [4.69, 9.17) is 4.74 Å². The molecule has 3 heteroatoms. The molecule has 0 aliphatic carbocycles. The summed E-state index contributed by atoms with van der Waals surface area (Å²) >= 11 is 0. The van der Waals surface area contributed by atoms with Crippen LogP contribution in [0.15, 0.2) is 42.0 Å². The van der Waals surface area contributed by atoms with E-state index in [1.165, 1.54) is 0 Å². The minimum atomic E-state index is -1.55. The van der Waals surface area contributed by atoms with Gasteiger partial charge in [0, 0.05) is 6.42 Å². The maximum Gasteiger partial charge on any atom is 0.343 e. The Morgan fingerprint density at radius 2 is 2.00 bits per heavy atom. The van der Waals surface area contributed by atoms with Crippen LogP contribution in [0.25, 0.3) is 0 Å². The van der Waals surface area contributed by atoms with Crippen LogP contribution in [-0.4, -0.2) is 17.7 Å². The first-order chi connectivity index (χ1) is 8.13. The molecule has 0 amide bonds. The van der Waals surface area contributed by atoms with Crippen LogP contribution in [0.2, 0.25) is 0 Å². The van der Waals surface area contributed by atoms with Crippen molar-refractivity contribution in [1.29, 1.82) is 0 Å². The molecule has 2 rings (SSSR count). The van der Waals surface area contributed by atoms with Crippen LogP contribution < -0.4 is 0 Å². The number of esters is 1. The largest absolute Gasteiger partial charge is 0.463 e. The van der Waals surface area contributed by atoms with Crippen LogP contribution in [0.5, 0.6) is 0 Å². The zero-order valence-electron chi connectivity index (χ0n) is 9.85. The predicted molar refractivity (Wildman–Crippen MR) is 64.3 cm³/mol. The van der Waals surface area contributed by atoms with Crippen LogP contribution in [0.4, 0.5) is 0 Å². The van der Waals surface area contributed by atoms with Crippen molar-refractivity contribution in [2.24, 2.45) is 0 Å². The first kappa shape index (κ1) is 11.9. The fourth-order valence-corrected chi connectivity index (χ4v) is 2.06. The molecule has 1 unspecified atom stereocenters. The van der Waals surface area contributed by atoms with E-state index >= 15 is 0 Å². The third-order valence-electron chi connectivity index (χ3n) is 2.97. The molecule has 1 heterocycles. The molecule has 1 aromatic rings. The first-order valence-corrected chi connectivity index (χ1v) is 5.74. The molecule has 1 aliphatic heterocycles. The maximum absolute atomic E-state index is 11.9. The van der Waals surface area contributed by atoms with Gasteiger partial charge >= 0.3 is 5.97 Å². The minimum Gasteiger partial charge on any atom is -0.463 e. The number of ether oxygens (including phenoxy) is 1. The topological polar surface area (TPSA) is 46.5 Å². The van der Waals surface area contributed by atoms with Gasteiger partial charge in [0.15, 0.2) is 5.60 Å². The van der Waals surface area contributed by atoms with Crippen LogP contribution in [0, 0.1) is 0 Å². The van der Waals surface area contributed by atoms with E-state index in [0.29, 0.717) is 18.6 Å². The smallest absolute Gasteiger partial charge is 0.343 e. The molecular weight excluding hydrogens is 216 g/mol. The third kappa shape index (κ3) is 2.39. The van der Waals surface area contributed by atoms with Crippen molar-refractivity contribution in [3.05, 3.63) is 47.5 Å². The zero-order valence-corrected chi connectivity index (χ0v) is 9.85. The van der Waals surface area contributed by atoms with E-state index in [9.17, 15) is 9.90 Å². The van der Waals surface area contributed by atoms with Gasteiger partial charge in [0.2, 0.25) is 0 Å². The summed E-state index contributed by atoms with van der Waals surface area (Å²) in [6, 6.07) is 8.95. The number of carbonyl (C=O) groups is 1. The van der Waals surface area contributed by atoms with Gasteiger partial charge < -0.3 is 9.84 Å². The number of aliphatic hydroxyl groups is 1. The standard InChI is InChI=1S/C14H16O3/c1-11-6-5-9-17-13(15)14(16,10-11)12-7-3-2-4-8-12/h2-4,6-8,16H,5,9-10H2,1H3/b11-6-. The molecule has 17 heavy (non-hydrogen) atoms. The predicted octanol–water partition coefficient (Wildman–Crippen LogP) is 2.16. The molecule has 1 aliphatic rings. The first-order valence-electron chi connectivity index (χ1n) is 5.74. The van der Waals surface area contributed by atoms with Crippen molar-refractivity contribution in [2.75, 3.05) is 6.61 Å². The lowest BCUT2D eigenvalue weighted by Gasteiger charge is -2.28. The lowest BCUT2D eigenvalue weighted by atomic mass is 9.87. The quantitative estimate of drug-likeness (QED) is 0.596. The third-order valence-corrected chi connectivity index (χ3v) is 2.97. The highest BCUT2D eigenvalue weighted by Gasteiger charge is 2.40. The normalized spacial score (nSPS) is 28.6. The Morgan fingerprint density at radius 3 is 2.71 bits per heavy atom. The lowest BCUT2D eigenvalue weighted by molar-refractivity contribution is -0.167. The number of benzene rings is 1. The number of cyclic esters (lactones) is 1. The van der Waals surface area contributed by atoms with Gasteiger partial charge in [0.25, 0.3) is 0 Å². The summed E-state index contributed by atoms with van der Waals surface area (Å²) < 4.78 is 5.07. The van der Waals surface area contributed by atoms with Gasteiger partial charge in [-0.05, 0) is 18.9 Å². The second kappa shape index (κ2) is 4.72. The fraction of sp³-hybridized carbons (Fsp3) is 0.357. The number of hydrogen-bond acceptors (Lipinski definition) is 3. The molecule has 3 nitrogen and oxygen atoms in total. The highest BCUT2D eigenvalue weighted by atomic mass is 16.5. The Labute approximate surface area is 101 Å². The summed E-state index contributed by atoms with van der Waals surface area (Å²) in [4.78, 5) is 11.9. The van der Waals surface area contributed by atoms with E-state index < -0.39 is 11.6 Å². The number of hydrogen-bond donors (Lipinski definition) is 1. The van der Waals surface area contributed by atoms with Gasteiger partial charge in [0.05, 0.1) is 6.61 Å². The molecule has 90 valence electrons. The molecule has 1 N–H and O–H groups in total. The maximum atomic E-state index is 11.9. The van der Waals surface area contributed by atoms with Gasteiger partial charge in [-0.1, -0.05) is 42.0 Å². The van der Waals surface area contributed by atoms with Crippen molar-refractivity contribution >= 4 is 5.97 Å². The van der Waals surface area contributed by atoms with Crippen molar-refractivity contribution in [3.63, 3.8) is 0 Å². The Balaban J connectivity index is 2.41. The molecule has 0 bridgehead atoms.